The lowest BCUT2D eigenvalue weighted by Crippen LogP contribution is -2.68. The van der Waals surface area contributed by atoms with Gasteiger partial charge in [-0.3, -0.25) is 9.59 Å². The van der Waals surface area contributed by atoms with Gasteiger partial charge in [0.1, 0.15) is 17.4 Å². The largest absolute Gasteiger partial charge is 0.507 e. The number of rotatable bonds is 4. The Balaban J connectivity index is 1.77. The normalized spacial score (nSPS) is 42.4. The lowest BCUT2D eigenvalue weighted by Gasteiger charge is -2.56. The summed E-state index contributed by atoms with van der Waals surface area (Å²) in [5.41, 5.74) is 0.586. The maximum absolute atomic E-state index is 11.7. The van der Waals surface area contributed by atoms with Crippen LogP contribution in [0.25, 0.3) is 0 Å². The van der Waals surface area contributed by atoms with Gasteiger partial charge in [0, 0.05) is 17.8 Å². The van der Waals surface area contributed by atoms with E-state index in [0.29, 0.717) is 0 Å². The van der Waals surface area contributed by atoms with Gasteiger partial charge in [0.05, 0.1) is 24.9 Å². The number of nitrogens with one attached hydrogen (secondary N) is 1. The lowest BCUT2D eigenvalue weighted by molar-refractivity contribution is -0.401. The van der Waals surface area contributed by atoms with E-state index < -0.39 is 41.7 Å². The van der Waals surface area contributed by atoms with E-state index in [1.807, 2.05) is 26.8 Å². The van der Waals surface area contributed by atoms with Crippen molar-refractivity contribution in [2.75, 3.05) is 6.54 Å². The molecule has 3 fully saturated rings. The molecule has 3 aliphatic rings. The molecule has 30 heavy (non-hydrogen) atoms. The number of carbonyl (C=O) groups is 2. The minimum atomic E-state index is -0.995. The molecule has 166 valence electrons. The number of amides is 1. The molecular formula is C22H31NO7. The van der Waals surface area contributed by atoms with Gasteiger partial charge in [0.25, 0.3) is 5.91 Å². The van der Waals surface area contributed by atoms with Crippen LogP contribution in [0.1, 0.15) is 34.6 Å². The summed E-state index contributed by atoms with van der Waals surface area (Å²) in [7, 11) is 0. The Labute approximate surface area is 176 Å². The summed E-state index contributed by atoms with van der Waals surface area (Å²) in [4.78, 5) is 23.3. The number of hydrogen-bond donors (Lipinski definition) is 4. The van der Waals surface area contributed by atoms with Crippen LogP contribution in [-0.2, 0) is 19.1 Å². The van der Waals surface area contributed by atoms with Crippen molar-refractivity contribution in [1.29, 1.82) is 0 Å². The topological polar surface area (TPSA) is 125 Å². The van der Waals surface area contributed by atoms with Gasteiger partial charge in [-0.25, -0.2) is 0 Å². The van der Waals surface area contributed by atoms with E-state index in [1.54, 1.807) is 19.9 Å². The molecule has 8 heteroatoms. The first-order chi connectivity index (χ1) is 14.0. The molecule has 3 heterocycles. The number of allylic oxidation sites excluding steroid dienone is 3. The number of ketones is 1. The number of aliphatic hydroxyl groups is 3. The Bertz CT molecular complexity index is 798. The highest BCUT2D eigenvalue weighted by Gasteiger charge is 2.57. The van der Waals surface area contributed by atoms with Gasteiger partial charge in [-0.15, -0.1) is 0 Å². The van der Waals surface area contributed by atoms with E-state index >= 15 is 0 Å². The average molecular weight is 421 g/mol. The van der Waals surface area contributed by atoms with E-state index in [0.717, 1.165) is 5.57 Å². The summed E-state index contributed by atoms with van der Waals surface area (Å²) >= 11 is 0. The second-order valence-corrected chi connectivity index (χ2v) is 8.78. The number of ether oxygens (including phenoxy) is 2. The van der Waals surface area contributed by atoms with Gasteiger partial charge in [-0.05, 0) is 19.9 Å². The van der Waals surface area contributed by atoms with Crippen molar-refractivity contribution >= 4 is 11.7 Å². The first-order valence-electron chi connectivity index (χ1n) is 10.3. The monoisotopic (exact) mass is 421 g/mol. The first kappa shape index (κ1) is 22.7. The highest BCUT2D eigenvalue weighted by atomic mass is 16.7. The molecule has 8 nitrogen and oxygen atoms in total. The molecule has 0 spiro atoms. The van der Waals surface area contributed by atoms with E-state index in [-0.39, 0.29) is 35.8 Å². The van der Waals surface area contributed by atoms with Crippen LogP contribution in [0.4, 0.5) is 0 Å². The quantitative estimate of drug-likeness (QED) is 0.232. The van der Waals surface area contributed by atoms with Gasteiger partial charge in [0.2, 0.25) is 0 Å². The summed E-state index contributed by atoms with van der Waals surface area (Å²) in [5, 5.41) is 33.3. The lowest BCUT2D eigenvalue weighted by atomic mass is 9.76. The van der Waals surface area contributed by atoms with E-state index in [9.17, 15) is 24.9 Å². The molecule has 1 amide bonds. The summed E-state index contributed by atoms with van der Waals surface area (Å²) in [6.45, 7) is 9.24. The van der Waals surface area contributed by atoms with Gasteiger partial charge >= 0.3 is 0 Å². The second kappa shape index (κ2) is 8.26. The molecule has 8 atom stereocenters. The molecule has 0 saturated carbocycles. The Morgan fingerprint density at radius 3 is 2.47 bits per heavy atom. The third-order valence-electron chi connectivity index (χ3n) is 6.52. The Kier molecular flexibility index (Phi) is 6.25. The molecule has 3 rings (SSSR count). The van der Waals surface area contributed by atoms with Crippen LogP contribution >= 0.6 is 0 Å². The van der Waals surface area contributed by atoms with Crippen molar-refractivity contribution in [3.05, 3.63) is 35.1 Å². The van der Waals surface area contributed by atoms with Crippen molar-refractivity contribution in [3.63, 3.8) is 0 Å². The maximum Gasteiger partial charge on any atom is 0.259 e. The summed E-state index contributed by atoms with van der Waals surface area (Å²) in [6, 6.07) is 0. The third kappa shape index (κ3) is 3.97. The molecule has 3 aliphatic heterocycles. The van der Waals surface area contributed by atoms with Gasteiger partial charge in [-0.1, -0.05) is 38.5 Å². The molecule has 2 bridgehead atoms. The third-order valence-corrected chi connectivity index (χ3v) is 6.52. The van der Waals surface area contributed by atoms with Gasteiger partial charge < -0.3 is 30.1 Å². The molecule has 0 aromatic rings. The summed E-state index contributed by atoms with van der Waals surface area (Å²) < 4.78 is 12.2. The van der Waals surface area contributed by atoms with E-state index in [4.69, 9.17) is 9.47 Å². The molecule has 0 unspecified atom stereocenters. The van der Waals surface area contributed by atoms with Crippen molar-refractivity contribution < 1.29 is 34.4 Å². The van der Waals surface area contributed by atoms with Crippen LogP contribution in [0, 0.1) is 17.8 Å². The molecule has 4 N–H and O–H groups in total. The minimum absolute atomic E-state index is 0.0591. The Hall–Kier alpha value is -2.00. The van der Waals surface area contributed by atoms with Crippen LogP contribution in [0.3, 0.4) is 0 Å². The molecule has 0 aromatic heterocycles. The summed E-state index contributed by atoms with van der Waals surface area (Å²) in [5.74, 6) is -2.98. The van der Waals surface area contributed by atoms with Gasteiger partial charge in [-0.2, -0.15) is 0 Å². The minimum Gasteiger partial charge on any atom is -0.507 e. The highest BCUT2D eigenvalue weighted by Crippen LogP contribution is 2.46. The molecule has 0 aromatic carbocycles. The van der Waals surface area contributed by atoms with Crippen LogP contribution in [0.15, 0.2) is 35.1 Å². The summed E-state index contributed by atoms with van der Waals surface area (Å²) in [6.07, 6.45) is 2.24. The van der Waals surface area contributed by atoms with Crippen LogP contribution in [0.2, 0.25) is 0 Å². The smallest absolute Gasteiger partial charge is 0.259 e. The number of Topliss-reactive ketones (excluding diaryl/α,β-unsaturated/α-hetero) is 1. The fourth-order valence-electron chi connectivity index (χ4n) is 4.53. The predicted molar refractivity (Wildman–Crippen MR) is 108 cm³/mol. The van der Waals surface area contributed by atoms with Crippen molar-refractivity contribution in [1.82, 2.24) is 5.32 Å². The SMILES string of the molecule is CC(/C=C/C(O)=C1/C(=O)CNC1=O)=C\[C@@H](C)[C@H]1O[C@@]2(C)O[C@@H]([C@@H]1C)[C@H](O)[C@H](O)[C@H]2C. The zero-order chi connectivity index (χ0) is 22.4. The number of fused-ring (bicyclic) bond motifs is 2. The second-order valence-electron chi connectivity index (χ2n) is 8.78. The zero-order valence-corrected chi connectivity index (χ0v) is 18.0. The highest BCUT2D eigenvalue weighted by molar-refractivity contribution is 6.25. The van der Waals surface area contributed by atoms with Crippen LogP contribution < -0.4 is 5.32 Å². The average Bonchev–Trinajstić information content (AvgIpc) is 3.03. The van der Waals surface area contributed by atoms with Crippen molar-refractivity contribution in [2.45, 2.75) is 64.8 Å². The van der Waals surface area contributed by atoms with E-state index in [2.05, 4.69) is 5.32 Å². The Morgan fingerprint density at radius 1 is 1.20 bits per heavy atom. The molecule has 0 aliphatic carbocycles. The number of carbonyl (C=O) groups excluding carboxylic acids is 2. The number of hydrogen-bond acceptors (Lipinski definition) is 7. The Morgan fingerprint density at radius 2 is 1.87 bits per heavy atom. The fraction of sp³-hybridized carbons (Fsp3) is 0.636. The van der Waals surface area contributed by atoms with Crippen molar-refractivity contribution in [2.24, 2.45) is 17.8 Å². The fourth-order valence-corrected chi connectivity index (χ4v) is 4.53. The van der Waals surface area contributed by atoms with Crippen LogP contribution in [0.5, 0.6) is 0 Å². The standard InChI is InChI=1S/C22H31NO7/c1-10(6-7-14(24)16-15(25)9-23-21(16)28)8-11(2)19-12(3)20-18(27)17(26)13(4)22(5,29-19)30-20/h6-8,11-13,17-20,24,26-27H,9H2,1-5H3,(H,23,28)/b7-6+,10-8+,16-14+/t11-,12-,13-,17-,18-,19-,20+,22+/m1/s1. The molecule has 3 saturated heterocycles. The predicted octanol–water partition coefficient (Wildman–Crippen LogP) is 1.14. The van der Waals surface area contributed by atoms with E-state index in [1.165, 1.54) is 6.08 Å². The molecular weight excluding hydrogens is 390 g/mol. The molecule has 0 radical (unpaired) electrons. The number of aliphatic hydroxyl groups excluding tert-OH is 3. The zero-order valence-electron chi connectivity index (χ0n) is 18.0. The first-order valence-corrected chi connectivity index (χ1v) is 10.3. The van der Waals surface area contributed by atoms with Crippen LogP contribution in [-0.4, -0.2) is 63.8 Å². The van der Waals surface area contributed by atoms with Gasteiger partial charge in [0.15, 0.2) is 11.6 Å². The maximum atomic E-state index is 11.7. The van der Waals surface area contributed by atoms with Crippen molar-refractivity contribution in [3.8, 4) is 0 Å².